The minimum absolute atomic E-state index is 0.209. The SMILES string of the molecule is COC(NC(=O)CP)C(C)=O. The van der Waals surface area contributed by atoms with E-state index in [2.05, 4.69) is 14.6 Å². The van der Waals surface area contributed by atoms with E-state index in [-0.39, 0.29) is 17.9 Å². The second-order valence-corrected chi connectivity index (χ2v) is 2.41. The maximum Gasteiger partial charge on any atom is 0.226 e. The van der Waals surface area contributed by atoms with Crippen LogP contribution in [-0.4, -0.2) is 31.2 Å². The lowest BCUT2D eigenvalue weighted by Crippen LogP contribution is -2.41. The number of hydrogen-bond donors (Lipinski definition) is 1. The van der Waals surface area contributed by atoms with E-state index in [0.717, 1.165) is 0 Å². The average Bonchev–Trinajstić information content (AvgIpc) is 1.99. The number of ether oxygens (including phenoxy) is 1. The number of amides is 1. The standard InChI is InChI=1S/C6H12NO3P/c1-4(8)6(10-2)7-5(9)3-11/h6H,3,11H2,1-2H3,(H,7,9). The molecule has 0 aliphatic rings. The van der Waals surface area contributed by atoms with Gasteiger partial charge in [-0.15, -0.1) is 9.24 Å². The van der Waals surface area contributed by atoms with Gasteiger partial charge in [-0.3, -0.25) is 9.59 Å². The summed E-state index contributed by atoms with van der Waals surface area (Å²) in [6.07, 6.45) is -0.532. The van der Waals surface area contributed by atoms with Crippen molar-refractivity contribution in [3.8, 4) is 0 Å². The number of carbonyl (C=O) groups is 2. The molecule has 64 valence electrons. The van der Waals surface area contributed by atoms with Crippen LogP contribution >= 0.6 is 9.24 Å². The van der Waals surface area contributed by atoms with E-state index in [0.29, 0.717) is 0 Å². The maximum atomic E-state index is 10.7. The second kappa shape index (κ2) is 5.22. The highest BCUT2D eigenvalue weighted by molar-refractivity contribution is 7.18. The molecule has 0 radical (unpaired) electrons. The molecule has 0 aromatic heterocycles. The van der Waals surface area contributed by atoms with Gasteiger partial charge in [0.05, 0.1) is 0 Å². The Morgan fingerprint density at radius 1 is 1.64 bits per heavy atom. The zero-order chi connectivity index (χ0) is 8.85. The highest BCUT2D eigenvalue weighted by atomic mass is 31.0. The van der Waals surface area contributed by atoms with E-state index in [1.54, 1.807) is 0 Å². The summed E-state index contributed by atoms with van der Waals surface area (Å²) in [7, 11) is 3.63. The van der Waals surface area contributed by atoms with Crippen molar-refractivity contribution >= 4 is 20.9 Å². The first-order valence-electron chi connectivity index (χ1n) is 3.14. The van der Waals surface area contributed by atoms with Crippen LogP contribution in [0.2, 0.25) is 0 Å². The Labute approximate surface area is 67.9 Å². The normalized spacial score (nSPS) is 12.3. The molecule has 0 spiro atoms. The third-order valence-corrected chi connectivity index (χ3v) is 1.45. The number of carbonyl (C=O) groups excluding carboxylic acids is 2. The molecular weight excluding hydrogens is 165 g/mol. The minimum Gasteiger partial charge on any atom is -0.354 e. The van der Waals surface area contributed by atoms with Crippen LogP contribution in [0.25, 0.3) is 0 Å². The zero-order valence-electron chi connectivity index (χ0n) is 6.59. The van der Waals surface area contributed by atoms with Gasteiger partial charge in [-0.2, -0.15) is 0 Å². The first kappa shape index (κ1) is 10.5. The van der Waals surface area contributed by atoms with Gasteiger partial charge in [-0.1, -0.05) is 0 Å². The van der Waals surface area contributed by atoms with Crippen LogP contribution in [0.15, 0.2) is 0 Å². The van der Waals surface area contributed by atoms with Crippen LogP contribution in [-0.2, 0) is 14.3 Å². The Morgan fingerprint density at radius 3 is 2.45 bits per heavy atom. The number of nitrogens with one attached hydrogen (secondary N) is 1. The molecule has 2 atom stereocenters. The van der Waals surface area contributed by atoms with Gasteiger partial charge in [0.25, 0.3) is 0 Å². The van der Waals surface area contributed by atoms with E-state index in [1.165, 1.54) is 14.0 Å². The van der Waals surface area contributed by atoms with Gasteiger partial charge in [-0.05, 0) is 6.92 Å². The third-order valence-electron chi connectivity index (χ3n) is 1.08. The lowest BCUT2D eigenvalue weighted by molar-refractivity contribution is -0.134. The lowest BCUT2D eigenvalue weighted by Gasteiger charge is -2.12. The van der Waals surface area contributed by atoms with Crippen molar-refractivity contribution in [1.82, 2.24) is 5.32 Å². The molecule has 1 N–H and O–H groups in total. The molecule has 5 heteroatoms. The topological polar surface area (TPSA) is 55.4 Å². The summed E-state index contributed by atoms with van der Waals surface area (Å²) in [5.74, 6) is -0.434. The highest BCUT2D eigenvalue weighted by Crippen LogP contribution is 1.88. The lowest BCUT2D eigenvalue weighted by atomic mass is 10.4. The molecule has 0 saturated heterocycles. The van der Waals surface area contributed by atoms with Crippen LogP contribution < -0.4 is 5.32 Å². The molecule has 1 amide bonds. The molecule has 11 heavy (non-hydrogen) atoms. The number of Topliss-reactive ketones (excluding diaryl/α,β-unsaturated/α-hetero) is 1. The molecule has 0 saturated carbocycles. The Kier molecular flexibility index (Phi) is 4.99. The average molecular weight is 177 g/mol. The Balaban J connectivity index is 3.88. The van der Waals surface area contributed by atoms with Crippen molar-refractivity contribution in [1.29, 1.82) is 0 Å². The van der Waals surface area contributed by atoms with Crippen LogP contribution in [0.4, 0.5) is 0 Å². The Morgan fingerprint density at radius 2 is 2.18 bits per heavy atom. The van der Waals surface area contributed by atoms with Gasteiger partial charge < -0.3 is 10.1 Å². The van der Waals surface area contributed by atoms with Gasteiger partial charge in [0.15, 0.2) is 12.0 Å². The molecule has 0 fully saturated rings. The summed E-state index contributed by atoms with van der Waals surface area (Å²) in [5.41, 5.74) is 0. The Hall–Kier alpha value is -0.470. The number of methoxy groups -OCH3 is 1. The van der Waals surface area contributed by atoms with Crippen molar-refractivity contribution in [3.63, 3.8) is 0 Å². The van der Waals surface area contributed by atoms with Crippen molar-refractivity contribution in [2.45, 2.75) is 13.2 Å². The van der Waals surface area contributed by atoms with E-state index in [4.69, 9.17) is 4.74 Å². The molecule has 0 aromatic carbocycles. The van der Waals surface area contributed by atoms with Gasteiger partial charge >= 0.3 is 0 Å². The van der Waals surface area contributed by atoms with Gasteiger partial charge in [-0.25, -0.2) is 0 Å². The van der Waals surface area contributed by atoms with E-state index in [1.807, 2.05) is 0 Å². The fourth-order valence-corrected chi connectivity index (χ4v) is 0.650. The molecule has 0 heterocycles. The van der Waals surface area contributed by atoms with Gasteiger partial charge in [0.2, 0.25) is 5.91 Å². The molecule has 0 bridgehead atoms. The first-order chi connectivity index (χ1) is 5.11. The quantitative estimate of drug-likeness (QED) is 0.467. The molecule has 0 aliphatic carbocycles. The summed E-state index contributed by atoms with van der Waals surface area (Å²) < 4.78 is 4.69. The van der Waals surface area contributed by atoms with E-state index >= 15 is 0 Å². The first-order valence-corrected chi connectivity index (χ1v) is 3.96. The molecule has 0 aromatic rings. The van der Waals surface area contributed by atoms with Crippen LogP contribution in [0.5, 0.6) is 0 Å². The van der Waals surface area contributed by atoms with E-state index in [9.17, 15) is 9.59 Å². The van der Waals surface area contributed by atoms with Crippen LogP contribution in [0.3, 0.4) is 0 Å². The molecular formula is C6H12NO3P. The summed E-state index contributed by atoms with van der Waals surface area (Å²) >= 11 is 0. The summed E-state index contributed by atoms with van der Waals surface area (Å²) in [6.45, 7) is 1.36. The van der Waals surface area contributed by atoms with Crippen molar-refractivity contribution in [3.05, 3.63) is 0 Å². The molecule has 0 rings (SSSR count). The van der Waals surface area contributed by atoms with Gasteiger partial charge in [0.1, 0.15) is 0 Å². The van der Waals surface area contributed by atoms with E-state index < -0.39 is 6.23 Å². The zero-order valence-corrected chi connectivity index (χ0v) is 7.74. The van der Waals surface area contributed by atoms with Crippen molar-refractivity contribution in [2.75, 3.05) is 13.3 Å². The number of ketones is 1. The molecule has 4 nitrogen and oxygen atoms in total. The third kappa shape index (κ3) is 4.06. The smallest absolute Gasteiger partial charge is 0.226 e. The molecule has 2 unspecified atom stereocenters. The number of rotatable bonds is 4. The Bertz CT molecular complexity index is 160. The fraction of sp³-hybridized carbons (Fsp3) is 0.667. The molecule has 0 aliphatic heterocycles. The highest BCUT2D eigenvalue weighted by Gasteiger charge is 2.13. The number of hydrogen-bond acceptors (Lipinski definition) is 3. The largest absolute Gasteiger partial charge is 0.354 e. The summed E-state index contributed by atoms with van der Waals surface area (Å²) in [5, 5.41) is 2.38. The minimum atomic E-state index is -0.803. The second-order valence-electron chi connectivity index (χ2n) is 2.00. The fourth-order valence-electron chi connectivity index (χ4n) is 0.532. The van der Waals surface area contributed by atoms with Crippen LogP contribution in [0, 0.1) is 0 Å². The summed E-state index contributed by atoms with van der Waals surface area (Å²) in [4.78, 5) is 21.4. The predicted molar refractivity (Wildman–Crippen MR) is 44.2 cm³/mol. The predicted octanol–water partition coefficient (Wildman–Crippen LogP) is -0.461. The van der Waals surface area contributed by atoms with Crippen LogP contribution in [0.1, 0.15) is 6.92 Å². The summed E-state index contributed by atoms with van der Waals surface area (Å²) in [6, 6.07) is 0. The van der Waals surface area contributed by atoms with Crippen molar-refractivity contribution in [2.24, 2.45) is 0 Å². The maximum absolute atomic E-state index is 10.7. The van der Waals surface area contributed by atoms with Crippen molar-refractivity contribution < 1.29 is 14.3 Å². The van der Waals surface area contributed by atoms with Gasteiger partial charge in [0, 0.05) is 13.3 Å². The monoisotopic (exact) mass is 177 g/mol.